The number of pyridine rings is 1. The summed E-state index contributed by atoms with van der Waals surface area (Å²) in [5.41, 5.74) is 0. The largest absolute Gasteiger partial charge is 0.369 e. The van der Waals surface area contributed by atoms with E-state index in [1.54, 1.807) is 18.6 Å². The zero-order valence-corrected chi connectivity index (χ0v) is 10.2. The normalized spacial score (nSPS) is 10.8. The third-order valence-corrected chi connectivity index (χ3v) is 2.71. The second-order valence-corrected chi connectivity index (χ2v) is 4.23. The molecule has 0 unspecified atom stereocenters. The van der Waals surface area contributed by atoms with Gasteiger partial charge < -0.3 is 4.90 Å². The smallest absolute Gasteiger partial charge is 0.155 e. The quantitative estimate of drug-likeness (QED) is 0.477. The summed E-state index contributed by atoms with van der Waals surface area (Å²) in [5, 5.41) is 0.682. The fraction of sp³-hybridized carbons (Fsp3) is 0.250. The first kappa shape index (κ1) is 10.7. The number of aromatic nitrogens is 1. The molecule has 70 valence electrons. The van der Waals surface area contributed by atoms with Gasteiger partial charge >= 0.3 is 0 Å². The molecule has 0 aromatic carbocycles. The summed E-state index contributed by atoms with van der Waals surface area (Å²) in [6.45, 7) is 0. The molecule has 5 heteroatoms. The number of hydrogen-bond donors (Lipinski definition) is 0. The molecule has 1 aromatic rings. The average molecular weight is 310 g/mol. The van der Waals surface area contributed by atoms with Crippen LogP contribution in [-0.4, -0.2) is 30.3 Å². The molecule has 0 radical (unpaired) electrons. The molecule has 0 saturated carbocycles. The molecule has 1 heterocycles. The van der Waals surface area contributed by atoms with E-state index >= 15 is 0 Å². The van der Waals surface area contributed by atoms with E-state index in [9.17, 15) is 0 Å². The maximum atomic E-state index is 5.89. The van der Waals surface area contributed by atoms with Crippen LogP contribution in [0.5, 0.6) is 0 Å². The van der Waals surface area contributed by atoms with Gasteiger partial charge in [-0.05, 0) is 22.6 Å². The summed E-state index contributed by atoms with van der Waals surface area (Å²) in [7, 11) is 3.80. The van der Waals surface area contributed by atoms with Crippen molar-refractivity contribution in [2.24, 2.45) is 4.99 Å². The Morgan fingerprint density at radius 1 is 1.62 bits per heavy atom. The fourth-order valence-electron chi connectivity index (χ4n) is 0.649. The molecular weight excluding hydrogens is 300 g/mol. The lowest BCUT2D eigenvalue weighted by Gasteiger charge is -2.02. The average Bonchev–Trinajstić information content (AvgIpc) is 2.07. The molecule has 0 aliphatic carbocycles. The minimum absolute atomic E-state index is 0.624. The van der Waals surface area contributed by atoms with Gasteiger partial charge in [-0.15, -0.1) is 0 Å². The molecule has 0 aliphatic rings. The van der Waals surface area contributed by atoms with Crippen LogP contribution < -0.4 is 0 Å². The molecule has 3 nitrogen and oxygen atoms in total. The SMILES string of the molecule is CN(C)/C=N\c1cc(Cl)c(I)cn1. The minimum atomic E-state index is 0.624. The van der Waals surface area contributed by atoms with Crippen LogP contribution >= 0.6 is 34.2 Å². The minimum Gasteiger partial charge on any atom is -0.369 e. The van der Waals surface area contributed by atoms with E-state index in [0.29, 0.717) is 10.8 Å². The lowest BCUT2D eigenvalue weighted by atomic mass is 10.5. The van der Waals surface area contributed by atoms with Gasteiger partial charge in [0.1, 0.15) is 0 Å². The fourth-order valence-corrected chi connectivity index (χ4v) is 1.09. The summed E-state index contributed by atoms with van der Waals surface area (Å²) in [4.78, 5) is 10.0. The topological polar surface area (TPSA) is 28.5 Å². The third-order valence-electron chi connectivity index (χ3n) is 1.22. The van der Waals surface area contributed by atoms with Crippen molar-refractivity contribution in [3.8, 4) is 0 Å². The monoisotopic (exact) mass is 309 g/mol. The highest BCUT2D eigenvalue weighted by Crippen LogP contribution is 2.21. The van der Waals surface area contributed by atoms with Crippen LogP contribution in [-0.2, 0) is 0 Å². The van der Waals surface area contributed by atoms with Gasteiger partial charge in [-0.1, -0.05) is 11.6 Å². The van der Waals surface area contributed by atoms with Gasteiger partial charge in [-0.25, -0.2) is 9.98 Å². The van der Waals surface area contributed by atoms with Gasteiger partial charge in [0.25, 0.3) is 0 Å². The van der Waals surface area contributed by atoms with Gasteiger partial charge in [-0.2, -0.15) is 0 Å². The third kappa shape index (κ3) is 3.48. The van der Waals surface area contributed by atoms with Crippen molar-refractivity contribution < 1.29 is 0 Å². The van der Waals surface area contributed by atoms with Gasteiger partial charge in [0.2, 0.25) is 0 Å². The van der Waals surface area contributed by atoms with E-state index < -0.39 is 0 Å². The lowest BCUT2D eigenvalue weighted by Crippen LogP contribution is -2.07. The molecule has 0 saturated heterocycles. The summed E-state index contributed by atoms with van der Waals surface area (Å²) < 4.78 is 0.933. The van der Waals surface area contributed by atoms with E-state index in [-0.39, 0.29) is 0 Å². The predicted octanol–water partition coefficient (Wildman–Crippen LogP) is 2.56. The molecule has 1 aromatic heterocycles. The number of hydrogen-bond acceptors (Lipinski definition) is 2. The van der Waals surface area contributed by atoms with Crippen molar-refractivity contribution in [2.45, 2.75) is 0 Å². The zero-order chi connectivity index (χ0) is 9.84. The first-order valence-electron chi connectivity index (χ1n) is 3.61. The molecule has 0 atom stereocenters. The Bertz CT molecular complexity index is 325. The number of rotatable bonds is 2. The molecule has 0 fully saturated rings. The Morgan fingerprint density at radius 2 is 2.31 bits per heavy atom. The summed E-state index contributed by atoms with van der Waals surface area (Å²) in [6, 6.07) is 1.74. The van der Waals surface area contributed by atoms with Crippen molar-refractivity contribution in [3.63, 3.8) is 0 Å². The van der Waals surface area contributed by atoms with Crippen LogP contribution in [0.4, 0.5) is 5.82 Å². The van der Waals surface area contributed by atoms with Crippen LogP contribution in [0.25, 0.3) is 0 Å². The lowest BCUT2D eigenvalue weighted by molar-refractivity contribution is 0.643. The Labute approximate surface area is 96.0 Å². The van der Waals surface area contributed by atoms with Crippen LogP contribution in [0.1, 0.15) is 0 Å². The van der Waals surface area contributed by atoms with Crippen LogP contribution in [0.3, 0.4) is 0 Å². The molecule has 0 aliphatic heterocycles. The Morgan fingerprint density at radius 3 is 2.85 bits per heavy atom. The van der Waals surface area contributed by atoms with Crippen molar-refractivity contribution in [2.75, 3.05) is 14.1 Å². The van der Waals surface area contributed by atoms with E-state index in [0.717, 1.165) is 3.57 Å². The Hall–Kier alpha value is -0.360. The molecular formula is C8H9ClIN3. The van der Waals surface area contributed by atoms with Crippen molar-refractivity contribution in [1.29, 1.82) is 0 Å². The molecule has 13 heavy (non-hydrogen) atoms. The van der Waals surface area contributed by atoms with Crippen molar-refractivity contribution in [1.82, 2.24) is 9.88 Å². The number of aliphatic imine (C=N–C) groups is 1. The second kappa shape index (κ2) is 4.76. The number of halogens is 2. The molecule has 0 bridgehead atoms. The summed E-state index contributed by atoms with van der Waals surface area (Å²) in [5.74, 6) is 0.624. The van der Waals surface area contributed by atoms with Crippen LogP contribution in [0, 0.1) is 3.57 Å². The number of nitrogens with zero attached hydrogens (tertiary/aromatic N) is 3. The van der Waals surface area contributed by atoms with Crippen LogP contribution in [0.15, 0.2) is 17.3 Å². The van der Waals surface area contributed by atoms with E-state index in [2.05, 4.69) is 32.6 Å². The zero-order valence-electron chi connectivity index (χ0n) is 7.33. The first-order chi connectivity index (χ1) is 6.09. The Kier molecular flexibility index (Phi) is 3.92. The molecule has 1 rings (SSSR count). The van der Waals surface area contributed by atoms with E-state index in [1.807, 2.05) is 19.0 Å². The van der Waals surface area contributed by atoms with E-state index in [4.69, 9.17) is 11.6 Å². The van der Waals surface area contributed by atoms with E-state index in [1.165, 1.54) is 0 Å². The van der Waals surface area contributed by atoms with Crippen LogP contribution in [0.2, 0.25) is 5.02 Å². The highest BCUT2D eigenvalue weighted by atomic mass is 127. The van der Waals surface area contributed by atoms with Gasteiger partial charge in [0, 0.05) is 26.4 Å². The van der Waals surface area contributed by atoms with Gasteiger partial charge in [0.05, 0.1) is 14.9 Å². The maximum absolute atomic E-state index is 5.89. The Balaban J connectivity index is 2.85. The highest BCUT2D eigenvalue weighted by molar-refractivity contribution is 14.1. The molecule has 0 amide bonds. The highest BCUT2D eigenvalue weighted by Gasteiger charge is 1.97. The first-order valence-corrected chi connectivity index (χ1v) is 5.07. The molecule has 0 N–H and O–H groups in total. The summed E-state index contributed by atoms with van der Waals surface area (Å²) >= 11 is 8.02. The predicted molar refractivity (Wildman–Crippen MR) is 63.8 cm³/mol. The standard InChI is InChI=1S/C8H9ClIN3/c1-13(2)5-12-8-3-6(9)7(10)4-11-8/h3-5H,1-2H3/b12-5-. The summed E-state index contributed by atoms with van der Waals surface area (Å²) in [6.07, 6.45) is 3.39. The van der Waals surface area contributed by atoms with Crippen molar-refractivity contribution in [3.05, 3.63) is 20.9 Å². The molecule has 0 spiro atoms. The van der Waals surface area contributed by atoms with Gasteiger partial charge in [0.15, 0.2) is 5.82 Å². The van der Waals surface area contributed by atoms with Crippen molar-refractivity contribution >= 4 is 46.3 Å². The maximum Gasteiger partial charge on any atom is 0.155 e. The second-order valence-electron chi connectivity index (χ2n) is 2.66. The van der Waals surface area contributed by atoms with Gasteiger partial charge in [-0.3, -0.25) is 0 Å².